The summed E-state index contributed by atoms with van der Waals surface area (Å²) < 4.78 is 5.27. The Morgan fingerprint density at radius 1 is 1.50 bits per heavy atom. The monoisotopic (exact) mass is 200 g/mol. The van der Waals surface area contributed by atoms with Gasteiger partial charge in [-0.3, -0.25) is 9.63 Å². The first-order valence-electron chi connectivity index (χ1n) is 5.10. The van der Waals surface area contributed by atoms with Crippen molar-refractivity contribution in [1.29, 1.82) is 0 Å². The van der Waals surface area contributed by atoms with Crippen LogP contribution in [0.5, 0.6) is 0 Å². The normalized spacial score (nSPS) is 28.0. The highest BCUT2D eigenvalue weighted by atomic mass is 16.7. The number of rotatable bonds is 2. The van der Waals surface area contributed by atoms with Crippen molar-refractivity contribution in [2.24, 2.45) is 0 Å². The van der Waals surface area contributed by atoms with E-state index in [-0.39, 0.29) is 11.9 Å². The third-order valence-corrected chi connectivity index (χ3v) is 2.45. The molecular formula is C9H16N2O3. The lowest BCUT2D eigenvalue weighted by atomic mass is 10.2. The number of nitrogens with one attached hydrogen (secondary N) is 1. The third-order valence-electron chi connectivity index (χ3n) is 2.45. The van der Waals surface area contributed by atoms with Crippen LogP contribution in [-0.2, 0) is 14.4 Å². The maximum atomic E-state index is 11.6. The highest BCUT2D eigenvalue weighted by Crippen LogP contribution is 2.08. The minimum Gasteiger partial charge on any atom is -0.378 e. The number of ether oxygens (including phenoxy) is 1. The van der Waals surface area contributed by atoms with Gasteiger partial charge >= 0.3 is 0 Å². The van der Waals surface area contributed by atoms with Crippen molar-refractivity contribution in [3.63, 3.8) is 0 Å². The molecule has 2 rings (SSSR count). The van der Waals surface area contributed by atoms with E-state index < -0.39 is 0 Å². The predicted octanol–water partition coefficient (Wildman–Crippen LogP) is -0.471. The molecule has 0 saturated carbocycles. The van der Waals surface area contributed by atoms with Gasteiger partial charge in [-0.2, -0.15) is 0 Å². The molecule has 2 aliphatic rings. The van der Waals surface area contributed by atoms with Gasteiger partial charge in [-0.25, -0.2) is 5.06 Å². The lowest BCUT2D eigenvalue weighted by molar-refractivity contribution is -0.169. The van der Waals surface area contributed by atoms with Crippen molar-refractivity contribution >= 4 is 5.91 Å². The van der Waals surface area contributed by atoms with E-state index in [1.807, 2.05) is 0 Å². The van der Waals surface area contributed by atoms with Crippen LogP contribution in [0.4, 0.5) is 0 Å². The smallest absolute Gasteiger partial charge is 0.247 e. The number of hydrogen-bond donors (Lipinski definition) is 1. The fourth-order valence-electron chi connectivity index (χ4n) is 1.71. The number of amides is 1. The molecule has 1 unspecified atom stereocenters. The van der Waals surface area contributed by atoms with Gasteiger partial charge in [0.1, 0.15) is 0 Å². The molecule has 0 spiro atoms. The van der Waals surface area contributed by atoms with Crippen LogP contribution >= 0.6 is 0 Å². The molecule has 14 heavy (non-hydrogen) atoms. The zero-order valence-electron chi connectivity index (χ0n) is 8.20. The Morgan fingerprint density at radius 3 is 3.07 bits per heavy atom. The molecular weight excluding hydrogens is 184 g/mol. The van der Waals surface area contributed by atoms with Gasteiger partial charge in [-0.05, 0) is 6.42 Å². The Balaban J connectivity index is 1.75. The molecule has 0 aromatic rings. The molecule has 1 amide bonds. The minimum absolute atomic E-state index is 0.0606. The molecule has 0 radical (unpaired) electrons. The Labute approximate surface area is 83.3 Å². The van der Waals surface area contributed by atoms with E-state index >= 15 is 0 Å². The van der Waals surface area contributed by atoms with Crippen LogP contribution in [-0.4, -0.2) is 49.9 Å². The summed E-state index contributed by atoms with van der Waals surface area (Å²) in [4.78, 5) is 16.8. The highest BCUT2D eigenvalue weighted by molar-refractivity contribution is 5.75. The zero-order valence-corrected chi connectivity index (χ0v) is 8.20. The predicted molar refractivity (Wildman–Crippen MR) is 49.5 cm³/mol. The number of nitrogens with zero attached hydrogens (tertiary/aromatic N) is 1. The van der Waals surface area contributed by atoms with Crippen molar-refractivity contribution in [2.75, 3.05) is 32.9 Å². The molecule has 1 N–H and O–H groups in total. The number of carbonyl (C=O) groups excluding carboxylic acids is 1. The summed E-state index contributed by atoms with van der Waals surface area (Å²) in [6, 6.07) is 0.153. The third kappa shape index (κ3) is 2.43. The van der Waals surface area contributed by atoms with Crippen LogP contribution in [0.2, 0.25) is 0 Å². The molecule has 0 aliphatic carbocycles. The second-order valence-corrected chi connectivity index (χ2v) is 3.61. The number of carbonyl (C=O) groups is 1. The van der Waals surface area contributed by atoms with E-state index in [1.165, 1.54) is 5.06 Å². The van der Waals surface area contributed by atoms with E-state index in [2.05, 4.69) is 5.32 Å². The van der Waals surface area contributed by atoms with Gasteiger partial charge in [0.2, 0.25) is 5.91 Å². The Morgan fingerprint density at radius 2 is 2.43 bits per heavy atom. The summed E-state index contributed by atoms with van der Waals surface area (Å²) in [5.41, 5.74) is 0. The Bertz CT molecular complexity index is 198. The second-order valence-electron chi connectivity index (χ2n) is 3.61. The van der Waals surface area contributed by atoms with Gasteiger partial charge in [0.05, 0.1) is 26.4 Å². The Kier molecular flexibility index (Phi) is 3.34. The molecule has 2 saturated heterocycles. The van der Waals surface area contributed by atoms with Gasteiger partial charge in [-0.1, -0.05) is 0 Å². The SMILES string of the molecule is O=C(CC1COCCN1)N1CCCO1. The average Bonchev–Trinajstić information content (AvgIpc) is 2.72. The molecule has 5 nitrogen and oxygen atoms in total. The van der Waals surface area contributed by atoms with Crippen molar-refractivity contribution in [1.82, 2.24) is 10.4 Å². The largest absolute Gasteiger partial charge is 0.378 e. The van der Waals surface area contributed by atoms with E-state index in [9.17, 15) is 4.79 Å². The Hall–Kier alpha value is -0.650. The molecule has 0 bridgehead atoms. The van der Waals surface area contributed by atoms with E-state index in [4.69, 9.17) is 9.57 Å². The zero-order chi connectivity index (χ0) is 9.80. The number of hydroxylamine groups is 2. The summed E-state index contributed by atoms with van der Waals surface area (Å²) in [5.74, 6) is 0.0606. The van der Waals surface area contributed by atoms with Crippen LogP contribution in [0.15, 0.2) is 0 Å². The first-order valence-corrected chi connectivity index (χ1v) is 5.10. The summed E-state index contributed by atoms with van der Waals surface area (Å²) in [5, 5.41) is 4.71. The quantitative estimate of drug-likeness (QED) is 0.654. The molecule has 0 aromatic carbocycles. The summed E-state index contributed by atoms with van der Waals surface area (Å²) in [7, 11) is 0. The topological polar surface area (TPSA) is 50.8 Å². The maximum Gasteiger partial charge on any atom is 0.247 e. The van der Waals surface area contributed by atoms with Gasteiger partial charge in [0.15, 0.2) is 0 Å². The van der Waals surface area contributed by atoms with Crippen LogP contribution in [0.1, 0.15) is 12.8 Å². The molecule has 80 valence electrons. The lowest BCUT2D eigenvalue weighted by Crippen LogP contribution is -2.44. The fourth-order valence-corrected chi connectivity index (χ4v) is 1.71. The molecule has 0 aromatic heterocycles. The van der Waals surface area contributed by atoms with Gasteiger partial charge in [0.25, 0.3) is 0 Å². The first-order chi connectivity index (χ1) is 6.86. The van der Waals surface area contributed by atoms with E-state index in [0.717, 1.165) is 26.1 Å². The molecule has 2 fully saturated rings. The lowest BCUT2D eigenvalue weighted by Gasteiger charge is -2.24. The molecule has 1 atom stereocenters. The first kappa shape index (κ1) is 9.89. The van der Waals surface area contributed by atoms with Crippen LogP contribution in [0, 0.1) is 0 Å². The minimum atomic E-state index is 0.0606. The maximum absolute atomic E-state index is 11.6. The van der Waals surface area contributed by atoms with Crippen molar-refractivity contribution in [3.05, 3.63) is 0 Å². The van der Waals surface area contributed by atoms with Gasteiger partial charge < -0.3 is 10.1 Å². The number of morpholine rings is 1. The summed E-state index contributed by atoms with van der Waals surface area (Å²) in [6.45, 7) is 3.59. The molecule has 2 aliphatic heterocycles. The average molecular weight is 200 g/mol. The second kappa shape index (κ2) is 4.72. The van der Waals surface area contributed by atoms with Crippen molar-refractivity contribution in [2.45, 2.75) is 18.9 Å². The number of hydrogen-bond acceptors (Lipinski definition) is 4. The fraction of sp³-hybridized carbons (Fsp3) is 0.889. The molecule has 5 heteroatoms. The van der Waals surface area contributed by atoms with E-state index in [0.29, 0.717) is 19.6 Å². The van der Waals surface area contributed by atoms with Gasteiger partial charge in [0, 0.05) is 19.0 Å². The summed E-state index contributed by atoms with van der Waals surface area (Å²) in [6.07, 6.45) is 1.42. The molecule has 2 heterocycles. The van der Waals surface area contributed by atoms with E-state index in [1.54, 1.807) is 0 Å². The van der Waals surface area contributed by atoms with Crippen LogP contribution in [0.3, 0.4) is 0 Å². The van der Waals surface area contributed by atoms with Crippen LogP contribution < -0.4 is 5.32 Å². The van der Waals surface area contributed by atoms with Crippen molar-refractivity contribution < 1.29 is 14.4 Å². The standard InChI is InChI=1S/C9H16N2O3/c12-9(11-3-1-4-14-11)6-8-7-13-5-2-10-8/h8,10H,1-7H2. The van der Waals surface area contributed by atoms with Gasteiger partial charge in [-0.15, -0.1) is 0 Å². The van der Waals surface area contributed by atoms with Crippen molar-refractivity contribution in [3.8, 4) is 0 Å². The van der Waals surface area contributed by atoms with Crippen LogP contribution in [0.25, 0.3) is 0 Å². The summed E-state index contributed by atoms with van der Waals surface area (Å²) >= 11 is 0. The highest BCUT2D eigenvalue weighted by Gasteiger charge is 2.23.